The van der Waals surface area contributed by atoms with Crippen LogP contribution in [0.25, 0.3) is 0 Å². The van der Waals surface area contributed by atoms with Gasteiger partial charge in [0.1, 0.15) is 0 Å². The number of hydrogen-bond donors (Lipinski definition) is 1. The minimum atomic E-state index is 0.691. The lowest BCUT2D eigenvalue weighted by molar-refractivity contribution is 0.841. The molecule has 0 saturated heterocycles. The van der Waals surface area contributed by atoms with Crippen LogP contribution in [-0.2, 0) is 0 Å². The number of hydrogen-bond acceptors (Lipinski definition) is 2. The van der Waals surface area contributed by atoms with E-state index in [1.807, 2.05) is 0 Å². The molecule has 0 aromatic rings. The number of hydrazone groups is 1. The summed E-state index contributed by atoms with van der Waals surface area (Å²) < 4.78 is 0. The fourth-order valence-electron chi connectivity index (χ4n) is 0.260. The fourth-order valence-corrected chi connectivity index (χ4v) is 0.260. The third kappa shape index (κ3) is 0.494. The van der Waals surface area contributed by atoms with Crippen molar-refractivity contribution in [2.45, 2.75) is 0 Å². The maximum Gasteiger partial charge on any atom is 0.0967 e. The second-order valence-electron chi connectivity index (χ2n) is 0.914. The first kappa shape index (κ1) is 3.23. The number of nitrogens with zero attached hydrogens (tertiary/aromatic N) is 1. The molecule has 0 spiro atoms. The van der Waals surface area contributed by atoms with E-state index in [1.54, 1.807) is 6.21 Å². The van der Waals surface area contributed by atoms with Crippen LogP contribution >= 0.6 is 0 Å². The van der Waals surface area contributed by atoms with Gasteiger partial charge in [0.25, 0.3) is 0 Å². The van der Waals surface area contributed by atoms with Crippen molar-refractivity contribution in [3.63, 3.8) is 0 Å². The van der Waals surface area contributed by atoms with Crippen LogP contribution in [0.15, 0.2) is 5.10 Å². The zero-order valence-corrected chi connectivity index (χ0v) is 3.23. The maximum atomic E-state index is 3.63. The van der Waals surface area contributed by atoms with Crippen molar-refractivity contribution in [2.24, 2.45) is 5.10 Å². The van der Waals surface area contributed by atoms with Gasteiger partial charge in [0, 0.05) is 0 Å². The molecule has 0 bridgehead atoms. The Kier molecular flexibility index (Phi) is 0.787. The SMILES string of the molecule is C1#CCNN=C1. The van der Waals surface area contributed by atoms with Gasteiger partial charge in [0.05, 0.1) is 12.8 Å². The Morgan fingerprint density at radius 2 is 2.83 bits per heavy atom. The van der Waals surface area contributed by atoms with Gasteiger partial charge in [0.2, 0.25) is 0 Å². The molecule has 1 rings (SSSR count). The molecule has 0 saturated carbocycles. The lowest BCUT2D eigenvalue weighted by Gasteiger charge is -1.89. The summed E-state index contributed by atoms with van der Waals surface area (Å²) in [4.78, 5) is 0. The van der Waals surface area contributed by atoms with E-state index in [0.717, 1.165) is 0 Å². The summed E-state index contributed by atoms with van der Waals surface area (Å²) in [5.74, 6) is 5.45. The Labute approximate surface area is 36.2 Å². The van der Waals surface area contributed by atoms with Crippen molar-refractivity contribution in [3.8, 4) is 11.8 Å². The third-order valence-corrected chi connectivity index (χ3v) is 0.490. The predicted molar refractivity (Wildman–Crippen MR) is 24.3 cm³/mol. The van der Waals surface area contributed by atoms with Crippen LogP contribution in [0.3, 0.4) is 0 Å². The van der Waals surface area contributed by atoms with Gasteiger partial charge in [-0.25, -0.2) is 0 Å². The summed E-state index contributed by atoms with van der Waals surface area (Å²) in [6, 6.07) is 0. The maximum absolute atomic E-state index is 3.63. The first-order chi connectivity index (χ1) is 3.00. The first-order valence-electron chi connectivity index (χ1n) is 1.73. The third-order valence-electron chi connectivity index (χ3n) is 0.490. The minimum absolute atomic E-state index is 0.691. The zero-order chi connectivity index (χ0) is 4.24. The molecule has 2 nitrogen and oxygen atoms in total. The smallest absolute Gasteiger partial charge is 0.0967 e. The molecule has 0 aromatic carbocycles. The van der Waals surface area contributed by atoms with E-state index in [1.165, 1.54) is 0 Å². The van der Waals surface area contributed by atoms with Crippen LogP contribution < -0.4 is 5.43 Å². The second kappa shape index (κ2) is 1.46. The van der Waals surface area contributed by atoms with Crippen LogP contribution in [0.4, 0.5) is 0 Å². The summed E-state index contributed by atoms with van der Waals surface area (Å²) in [7, 11) is 0. The van der Waals surface area contributed by atoms with Crippen LogP contribution in [-0.4, -0.2) is 12.8 Å². The van der Waals surface area contributed by atoms with Gasteiger partial charge in [0.15, 0.2) is 0 Å². The number of nitrogens with one attached hydrogen (secondary N) is 1. The van der Waals surface area contributed by atoms with E-state index in [0.29, 0.717) is 6.54 Å². The summed E-state index contributed by atoms with van der Waals surface area (Å²) in [6.07, 6.45) is 1.55. The molecule has 0 atom stereocenters. The molecule has 1 N–H and O–H groups in total. The molecule has 1 aliphatic rings. The van der Waals surface area contributed by atoms with Crippen molar-refractivity contribution >= 4 is 6.21 Å². The monoisotopic (exact) mass is 80.0 g/mol. The van der Waals surface area contributed by atoms with Gasteiger partial charge in [-0.2, -0.15) is 5.10 Å². The Balaban J connectivity index is 2.58. The van der Waals surface area contributed by atoms with Crippen LogP contribution in [0.1, 0.15) is 0 Å². The normalized spacial score (nSPS) is 14.7. The quantitative estimate of drug-likeness (QED) is 0.392. The predicted octanol–water partition coefficient (Wildman–Crippen LogP) is -0.421. The molecule has 30 valence electrons. The highest BCUT2D eigenvalue weighted by Gasteiger charge is 1.72. The highest BCUT2D eigenvalue weighted by Crippen LogP contribution is 1.61. The summed E-state index contributed by atoms with van der Waals surface area (Å²) in [5, 5.41) is 3.63. The van der Waals surface area contributed by atoms with Crippen LogP contribution in [0.2, 0.25) is 0 Å². The van der Waals surface area contributed by atoms with Gasteiger partial charge < -0.3 is 0 Å². The van der Waals surface area contributed by atoms with Gasteiger partial charge in [-0.05, 0) is 0 Å². The van der Waals surface area contributed by atoms with E-state index in [9.17, 15) is 0 Å². The molecule has 0 radical (unpaired) electrons. The summed E-state index contributed by atoms with van der Waals surface area (Å²) in [5.41, 5.74) is 2.68. The summed E-state index contributed by atoms with van der Waals surface area (Å²) >= 11 is 0. The van der Waals surface area contributed by atoms with Gasteiger partial charge in [-0.15, -0.1) is 0 Å². The largest absolute Gasteiger partial charge is 0.297 e. The molecule has 0 fully saturated rings. The minimum Gasteiger partial charge on any atom is -0.297 e. The van der Waals surface area contributed by atoms with E-state index in [4.69, 9.17) is 0 Å². The molecular formula is C4H4N2. The van der Waals surface area contributed by atoms with Crippen molar-refractivity contribution in [3.05, 3.63) is 0 Å². The lowest BCUT2D eigenvalue weighted by atomic mass is 10.6. The molecule has 1 aliphatic heterocycles. The highest BCUT2D eigenvalue weighted by atomic mass is 15.3. The highest BCUT2D eigenvalue weighted by molar-refractivity contribution is 5.78. The van der Waals surface area contributed by atoms with Gasteiger partial charge in [-0.3, -0.25) is 5.43 Å². The molecule has 0 aromatic heterocycles. The molecule has 0 aliphatic carbocycles. The molecule has 0 unspecified atom stereocenters. The summed E-state index contributed by atoms with van der Waals surface area (Å²) in [6.45, 7) is 0.691. The van der Waals surface area contributed by atoms with E-state index in [-0.39, 0.29) is 0 Å². The Hall–Kier alpha value is -0.970. The lowest BCUT2D eigenvalue weighted by Crippen LogP contribution is -2.07. The average molecular weight is 80.1 g/mol. The van der Waals surface area contributed by atoms with Crippen LogP contribution in [0.5, 0.6) is 0 Å². The molecule has 0 amide bonds. The second-order valence-corrected chi connectivity index (χ2v) is 0.914. The molecular weight excluding hydrogens is 76.1 g/mol. The zero-order valence-electron chi connectivity index (χ0n) is 3.23. The Morgan fingerprint density at radius 1 is 1.83 bits per heavy atom. The van der Waals surface area contributed by atoms with Crippen molar-refractivity contribution < 1.29 is 0 Å². The van der Waals surface area contributed by atoms with E-state index >= 15 is 0 Å². The standard InChI is InChI=1S/C4H4N2/c1-2-4-6-5-3-1/h3,6H,4H2. The molecule has 2 heteroatoms. The Bertz CT molecular complexity index is 115. The molecule has 6 heavy (non-hydrogen) atoms. The fraction of sp³-hybridized carbons (Fsp3) is 0.250. The first-order valence-corrected chi connectivity index (χ1v) is 1.73. The van der Waals surface area contributed by atoms with Gasteiger partial charge >= 0.3 is 0 Å². The average Bonchev–Trinajstić information content (AvgIpc) is 1.72. The van der Waals surface area contributed by atoms with Crippen molar-refractivity contribution in [1.29, 1.82) is 0 Å². The molecule has 1 heterocycles. The Morgan fingerprint density at radius 3 is 3.00 bits per heavy atom. The number of rotatable bonds is 0. The van der Waals surface area contributed by atoms with Crippen molar-refractivity contribution in [2.75, 3.05) is 6.54 Å². The van der Waals surface area contributed by atoms with E-state index < -0.39 is 0 Å². The van der Waals surface area contributed by atoms with Gasteiger partial charge in [-0.1, -0.05) is 11.8 Å². The van der Waals surface area contributed by atoms with E-state index in [2.05, 4.69) is 22.4 Å². The van der Waals surface area contributed by atoms with Crippen molar-refractivity contribution in [1.82, 2.24) is 5.43 Å². The topological polar surface area (TPSA) is 24.4 Å². The van der Waals surface area contributed by atoms with Crippen LogP contribution in [0, 0.1) is 11.8 Å².